The van der Waals surface area contributed by atoms with E-state index in [0.717, 1.165) is 6.20 Å². The summed E-state index contributed by atoms with van der Waals surface area (Å²) in [6.45, 7) is 0. The molecule has 0 saturated carbocycles. The standard InChI is InChI=1S/C6H7ClFN3/c1-10-6-4(5(7)9)3(8)2-11-6/h2,9-11H,1H3. The molecule has 0 fully saturated rings. The van der Waals surface area contributed by atoms with Gasteiger partial charge in [0.05, 0.1) is 5.56 Å². The second-order valence-corrected chi connectivity index (χ2v) is 2.33. The molecule has 0 aliphatic carbocycles. The summed E-state index contributed by atoms with van der Waals surface area (Å²) >= 11 is 5.32. The Hall–Kier alpha value is -1.03. The van der Waals surface area contributed by atoms with E-state index in [9.17, 15) is 4.39 Å². The molecule has 0 unspecified atom stereocenters. The third-order valence-electron chi connectivity index (χ3n) is 1.30. The number of halogens is 2. The van der Waals surface area contributed by atoms with Crippen LogP contribution in [0, 0.1) is 11.2 Å². The normalized spacial score (nSPS) is 9.73. The highest BCUT2D eigenvalue weighted by molar-refractivity contribution is 6.69. The molecule has 60 valence electrons. The zero-order chi connectivity index (χ0) is 8.43. The van der Waals surface area contributed by atoms with Crippen LogP contribution >= 0.6 is 11.6 Å². The summed E-state index contributed by atoms with van der Waals surface area (Å²) in [6.07, 6.45) is 1.15. The van der Waals surface area contributed by atoms with E-state index in [1.54, 1.807) is 7.05 Å². The van der Waals surface area contributed by atoms with Crippen molar-refractivity contribution < 1.29 is 4.39 Å². The van der Waals surface area contributed by atoms with Crippen molar-refractivity contribution in [2.45, 2.75) is 0 Å². The van der Waals surface area contributed by atoms with E-state index < -0.39 is 5.82 Å². The topological polar surface area (TPSA) is 51.7 Å². The van der Waals surface area contributed by atoms with Crippen LogP contribution in [0.3, 0.4) is 0 Å². The van der Waals surface area contributed by atoms with Crippen LogP contribution in [0.4, 0.5) is 10.2 Å². The number of hydrogen-bond donors (Lipinski definition) is 3. The van der Waals surface area contributed by atoms with Crippen LogP contribution in [0.25, 0.3) is 0 Å². The monoisotopic (exact) mass is 175 g/mol. The van der Waals surface area contributed by atoms with E-state index in [1.165, 1.54) is 0 Å². The average Bonchev–Trinajstić information content (AvgIpc) is 2.30. The molecule has 11 heavy (non-hydrogen) atoms. The quantitative estimate of drug-likeness (QED) is 0.590. The minimum Gasteiger partial charge on any atom is -0.374 e. The summed E-state index contributed by atoms with van der Waals surface area (Å²) in [5, 5.41) is 9.37. The summed E-state index contributed by atoms with van der Waals surface area (Å²) in [4.78, 5) is 2.59. The number of anilines is 1. The predicted molar refractivity (Wildman–Crippen MR) is 43.0 cm³/mol. The fourth-order valence-electron chi connectivity index (χ4n) is 0.811. The summed E-state index contributed by atoms with van der Waals surface area (Å²) in [6, 6.07) is 0. The number of nitrogens with one attached hydrogen (secondary N) is 3. The highest BCUT2D eigenvalue weighted by Crippen LogP contribution is 2.18. The van der Waals surface area contributed by atoms with Gasteiger partial charge in [-0.2, -0.15) is 0 Å². The summed E-state index contributed by atoms with van der Waals surface area (Å²) < 4.78 is 12.8. The van der Waals surface area contributed by atoms with Crippen LogP contribution in [-0.2, 0) is 0 Å². The molecule has 0 aliphatic rings. The lowest BCUT2D eigenvalue weighted by Crippen LogP contribution is -1.97. The van der Waals surface area contributed by atoms with Gasteiger partial charge >= 0.3 is 0 Å². The molecule has 5 heteroatoms. The van der Waals surface area contributed by atoms with Crippen molar-refractivity contribution in [3.8, 4) is 0 Å². The first-order valence-electron chi connectivity index (χ1n) is 2.96. The molecule has 1 aromatic rings. The van der Waals surface area contributed by atoms with Crippen molar-refractivity contribution in [3.63, 3.8) is 0 Å². The molecule has 0 radical (unpaired) electrons. The van der Waals surface area contributed by atoms with Gasteiger partial charge in [-0.3, -0.25) is 5.41 Å². The molecule has 0 spiro atoms. The van der Waals surface area contributed by atoms with Crippen LogP contribution in [0.2, 0.25) is 0 Å². The number of aromatic nitrogens is 1. The number of H-pyrrole nitrogens is 1. The van der Waals surface area contributed by atoms with Gasteiger partial charge < -0.3 is 10.3 Å². The van der Waals surface area contributed by atoms with Crippen molar-refractivity contribution in [3.05, 3.63) is 17.6 Å². The number of rotatable bonds is 2. The predicted octanol–water partition coefficient (Wildman–Crippen LogP) is 1.76. The number of hydrogen-bond acceptors (Lipinski definition) is 2. The van der Waals surface area contributed by atoms with E-state index in [4.69, 9.17) is 17.0 Å². The van der Waals surface area contributed by atoms with Gasteiger partial charge in [0.15, 0.2) is 5.82 Å². The van der Waals surface area contributed by atoms with Crippen molar-refractivity contribution in [1.29, 1.82) is 5.41 Å². The van der Waals surface area contributed by atoms with E-state index in [2.05, 4.69) is 10.3 Å². The van der Waals surface area contributed by atoms with Gasteiger partial charge in [-0.1, -0.05) is 11.6 Å². The first-order chi connectivity index (χ1) is 5.16. The Morgan fingerprint density at radius 2 is 2.45 bits per heavy atom. The number of aromatic amines is 1. The Morgan fingerprint density at radius 3 is 2.82 bits per heavy atom. The molecule has 0 aliphatic heterocycles. The zero-order valence-corrected chi connectivity index (χ0v) is 6.59. The van der Waals surface area contributed by atoms with Gasteiger partial charge in [-0.15, -0.1) is 0 Å². The molecule has 0 atom stereocenters. The third kappa shape index (κ3) is 1.35. The fraction of sp³-hybridized carbons (Fsp3) is 0.167. The maximum Gasteiger partial charge on any atom is 0.153 e. The first kappa shape index (κ1) is 8.07. The Balaban J connectivity index is 3.17. The Kier molecular flexibility index (Phi) is 2.14. The molecule has 3 N–H and O–H groups in total. The van der Waals surface area contributed by atoms with E-state index >= 15 is 0 Å². The lowest BCUT2D eigenvalue weighted by Gasteiger charge is -1.97. The fourth-order valence-corrected chi connectivity index (χ4v) is 0.996. The second kappa shape index (κ2) is 2.92. The van der Waals surface area contributed by atoms with Crippen molar-refractivity contribution in [1.82, 2.24) is 4.98 Å². The van der Waals surface area contributed by atoms with Crippen molar-refractivity contribution in [2.75, 3.05) is 12.4 Å². The summed E-state index contributed by atoms with van der Waals surface area (Å²) in [7, 11) is 1.62. The molecule has 1 heterocycles. The van der Waals surface area contributed by atoms with E-state index in [0.29, 0.717) is 5.82 Å². The third-order valence-corrected chi connectivity index (χ3v) is 1.49. The average molecular weight is 176 g/mol. The maximum atomic E-state index is 12.8. The van der Waals surface area contributed by atoms with Crippen molar-refractivity contribution in [2.24, 2.45) is 0 Å². The Morgan fingerprint density at radius 1 is 1.82 bits per heavy atom. The minimum atomic E-state index is -0.519. The van der Waals surface area contributed by atoms with Gasteiger partial charge in [0.1, 0.15) is 11.0 Å². The zero-order valence-electron chi connectivity index (χ0n) is 5.83. The largest absolute Gasteiger partial charge is 0.374 e. The highest BCUT2D eigenvalue weighted by Gasteiger charge is 2.12. The smallest absolute Gasteiger partial charge is 0.153 e. The molecule has 1 aromatic heterocycles. The van der Waals surface area contributed by atoms with Crippen LogP contribution in [0.1, 0.15) is 5.56 Å². The van der Waals surface area contributed by atoms with Crippen LogP contribution in [0.15, 0.2) is 6.20 Å². The second-order valence-electron chi connectivity index (χ2n) is 1.95. The van der Waals surface area contributed by atoms with Gasteiger partial charge in [0.25, 0.3) is 0 Å². The Bertz CT molecular complexity index is 281. The lowest BCUT2D eigenvalue weighted by atomic mass is 10.3. The minimum absolute atomic E-state index is 0.0779. The van der Waals surface area contributed by atoms with Gasteiger partial charge in [-0.25, -0.2) is 4.39 Å². The van der Waals surface area contributed by atoms with Gasteiger partial charge in [0.2, 0.25) is 0 Å². The lowest BCUT2D eigenvalue weighted by molar-refractivity contribution is 0.628. The highest BCUT2D eigenvalue weighted by atomic mass is 35.5. The molecule has 0 bridgehead atoms. The summed E-state index contributed by atoms with van der Waals surface area (Å²) in [5.41, 5.74) is 0.0779. The van der Waals surface area contributed by atoms with Crippen LogP contribution in [-0.4, -0.2) is 17.2 Å². The van der Waals surface area contributed by atoms with Gasteiger partial charge in [-0.05, 0) is 0 Å². The molecular weight excluding hydrogens is 169 g/mol. The molecule has 3 nitrogen and oxygen atoms in total. The molecule has 0 saturated heterocycles. The maximum absolute atomic E-state index is 12.8. The molecular formula is C6H7ClFN3. The van der Waals surface area contributed by atoms with Crippen LogP contribution in [0.5, 0.6) is 0 Å². The molecule has 0 amide bonds. The molecule has 1 rings (SSSR count). The van der Waals surface area contributed by atoms with E-state index in [1.807, 2.05) is 0 Å². The SMILES string of the molecule is CNc1[nH]cc(F)c1C(=N)Cl. The van der Waals surface area contributed by atoms with Crippen LogP contribution < -0.4 is 5.32 Å². The molecule has 0 aromatic carbocycles. The van der Waals surface area contributed by atoms with Crippen molar-refractivity contribution >= 4 is 22.6 Å². The Labute approximate surface area is 68.1 Å². The van der Waals surface area contributed by atoms with E-state index in [-0.39, 0.29) is 10.7 Å². The summed E-state index contributed by atoms with van der Waals surface area (Å²) in [5.74, 6) is -0.100. The first-order valence-corrected chi connectivity index (χ1v) is 3.33. The van der Waals surface area contributed by atoms with Gasteiger partial charge in [0, 0.05) is 13.2 Å².